The lowest BCUT2D eigenvalue weighted by Crippen LogP contribution is -2.55. The molecule has 2 N–H and O–H groups in total. The van der Waals surface area contributed by atoms with Gasteiger partial charge in [-0.1, -0.05) is 26.0 Å². The molecule has 0 heterocycles. The Kier molecular flexibility index (Phi) is 1.26. The summed E-state index contributed by atoms with van der Waals surface area (Å²) in [5.74, 6) is 1.59. The third-order valence-electron chi connectivity index (χ3n) is 3.93. The minimum atomic E-state index is 0.298. The van der Waals surface area contributed by atoms with Crippen molar-refractivity contribution in [1.29, 1.82) is 0 Å². The molecule has 0 aromatic carbocycles. The Labute approximate surface area is 68.7 Å². The van der Waals surface area contributed by atoms with Crippen LogP contribution in [0.1, 0.15) is 26.7 Å². The topological polar surface area (TPSA) is 26.0 Å². The van der Waals surface area contributed by atoms with Gasteiger partial charge in [0.05, 0.1) is 0 Å². The van der Waals surface area contributed by atoms with E-state index in [2.05, 4.69) is 20.4 Å². The minimum Gasteiger partial charge on any atom is -0.324 e. The predicted octanol–water partition coefficient (Wildman–Crippen LogP) is 1.94. The molecule has 2 bridgehead atoms. The Morgan fingerprint density at radius 3 is 2.45 bits per heavy atom. The molecule has 0 aliphatic heterocycles. The monoisotopic (exact) mass is 151 g/mol. The van der Waals surface area contributed by atoms with Crippen LogP contribution in [-0.4, -0.2) is 6.04 Å². The van der Waals surface area contributed by atoms with E-state index in [4.69, 9.17) is 5.73 Å². The summed E-state index contributed by atoms with van der Waals surface area (Å²) in [6.07, 6.45) is 2.52. The van der Waals surface area contributed by atoms with E-state index in [1.54, 1.807) is 0 Å². The first-order valence-corrected chi connectivity index (χ1v) is 4.47. The Bertz CT molecular complexity index is 205. The van der Waals surface area contributed by atoms with Crippen LogP contribution in [0.2, 0.25) is 0 Å². The van der Waals surface area contributed by atoms with Crippen LogP contribution < -0.4 is 5.73 Å². The average Bonchev–Trinajstić information content (AvgIpc) is 1.93. The molecule has 0 spiro atoms. The van der Waals surface area contributed by atoms with Gasteiger partial charge in [0.15, 0.2) is 0 Å². The zero-order valence-electron chi connectivity index (χ0n) is 7.43. The highest BCUT2D eigenvalue weighted by Crippen LogP contribution is 2.60. The third-order valence-corrected chi connectivity index (χ3v) is 3.93. The van der Waals surface area contributed by atoms with E-state index in [1.165, 1.54) is 18.4 Å². The number of hydrogen-bond donors (Lipinski definition) is 1. The van der Waals surface area contributed by atoms with E-state index in [9.17, 15) is 0 Å². The molecule has 0 aromatic rings. The molecule has 3 aliphatic rings. The molecule has 1 heteroatoms. The molecule has 3 atom stereocenters. The zero-order chi connectivity index (χ0) is 8.22. The maximum atomic E-state index is 5.92. The number of rotatable bonds is 0. The van der Waals surface area contributed by atoms with Crippen molar-refractivity contribution in [3.05, 3.63) is 12.2 Å². The van der Waals surface area contributed by atoms with Crippen molar-refractivity contribution in [2.75, 3.05) is 0 Å². The Balaban J connectivity index is 2.23. The van der Waals surface area contributed by atoms with Gasteiger partial charge in [-0.15, -0.1) is 0 Å². The smallest absolute Gasteiger partial charge is 0.0256 e. The van der Waals surface area contributed by atoms with Gasteiger partial charge in [0, 0.05) is 6.04 Å². The van der Waals surface area contributed by atoms with E-state index in [0.29, 0.717) is 11.5 Å². The molecular weight excluding hydrogens is 134 g/mol. The normalized spacial score (nSPS) is 46.8. The summed E-state index contributed by atoms with van der Waals surface area (Å²) >= 11 is 0. The van der Waals surface area contributed by atoms with Crippen LogP contribution in [0, 0.1) is 17.3 Å². The molecular formula is C10H17N. The van der Waals surface area contributed by atoms with Crippen molar-refractivity contribution in [2.45, 2.75) is 32.7 Å². The van der Waals surface area contributed by atoms with E-state index >= 15 is 0 Å². The molecule has 11 heavy (non-hydrogen) atoms. The fourth-order valence-electron chi connectivity index (χ4n) is 2.76. The van der Waals surface area contributed by atoms with Gasteiger partial charge in [0.25, 0.3) is 0 Å². The van der Waals surface area contributed by atoms with Crippen molar-refractivity contribution in [2.24, 2.45) is 23.0 Å². The van der Waals surface area contributed by atoms with Gasteiger partial charge in [-0.2, -0.15) is 0 Å². The van der Waals surface area contributed by atoms with E-state index in [0.717, 1.165) is 11.8 Å². The fraction of sp³-hybridized carbons (Fsp3) is 0.800. The quantitative estimate of drug-likeness (QED) is 0.526. The van der Waals surface area contributed by atoms with Crippen LogP contribution >= 0.6 is 0 Å². The van der Waals surface area contributed by atoms with Gasteiger partial charge in [-0.3, -0.25) is 0 Å². The SMILES string of the molecule is C=C1C(N)C[C@H]2C[C@@H]1C2(C)C. The first-order valence-electron chi connectivity index (χ1n) is 4.47. The van der Waals surface area contributed by atoms with Crippen molar-refractivity contribution in [1.82, 2.24) is 0 Å². The summed E-state index contributed by atoms with van der Waals surface area (Å²) in [6, 6.07) is 0.298. The van der Waals surface area contributed by atoms with Crippen molar-refractivity contribution in [3.63, 3.8) is 0 Å². The van der Waals surface area contributed by atoms with Gasteiger partial charge in [0.1, 0.15) is 0 Å². The van der Waals surface area contributed by atoms with Crippen LogP contribution in [0.5, 0.6) is 0 Å². The molecule has 3 aliphatic carbocycles. The molecule has 1 unspecified atom stereocenters. The van der Waals surface area contributed by atoms with E-state index in [-0.39, 0.29) is 0 Å². The Hall–Kier alpha value is -0.300. The summed E-state index contributed by atoms with van der Waals surface area (Å²) in [7, 11) is 0. The molecule has 62 valence electrons. The van der Waals surface area contributed by atoms with Gasteiger partial charge < -0.3 is 5.73 Å². The van der Waals surface area contributed by atoms with Crippen LogP contribution in [0.25, 0.3) is 0 Å². The lowest BCUT2D eigenvalue weighted by atomic mass is 9.46. The average molecular weight is 151 g/mol. The predicted molar refractivity (Wildman–Crippen MR) is 47.1 cm³/mol. The van der Waals surface area contributed by atoms with Crippen LogP contribution in [0.4, 0.5) is 0 Å². The highest BCUT2D eigenvalue weighted by atomic mass is 14.7. The molecule has 3 fully saturated rings. The summed E-state index contributed by atoms with van der Waals surface area (Å²) < 4.78 is 0. The van der Waals surface area contributed by atoms with Crippen molar-refractivity contribution < 1.29 is 0 Å². The molecule has 3 saturated carbocycles. The van der Waals surface area contributed by atoms with Crippen molar-refractivity contribution in [3.8, 4) is 0 Å². The minimum absolute atomic E-state index is 0.298. The molecule has 0 radical (unpaired) electrons. The van der Waals surface area contributed by atoms with Gasteiger partial charge in [-0.25, -0.2) is 0 Å². The molecule has 1 nitrogen and oxygen atoms in total. The molecule has 0 saturated heterocycles. The third kappa shape index (κ3) is 0.750. The first-order chi connectivity index (χ1) is 5.03. The largest absolute Gasteiger partial charge is 0.324 e. The zero-order valence-corrected chi connectivity index (χ0v) is 7.43. The number of fused-ring (bicyclic) bond motifs is 2. The highest BCUT2D eigenvalue weighted by molar-refractivity contribution is 5.24. The second-order valence-electron chi connectivity index (χ2n) is 4.72. The summed E-state index contributed by atoms with van der Waals surface area (Å²) in [4.78, 5) is 0. The van der Waals surface area contributed by atoms with E-state index in [1.807, 2.05) is 0 Å². The van der Waals surface area contributed by atoms with Crippen LogP contribution in [-0.2, 0) is 0 Å². The number of hydrogen-bond acceptors (Lipinski definition) is 1. The number of nitrogens with two attached hydrogens (primary N) is 1. The summed E-state index contributed by atoms with van der Waals surface area (Å²) in [5.41, 5.74) is 7.73. The van der Waals surface area contributed by atoms with Gasteiger partial charge in [0.2, 0.25) is 0 Å². The Morgan fingerprint density at radius 1 is 1.45 bits per heavy atom. The summed E-state index contributed by atoms with van der Waals surface area (Å²) in [5, 5.41) is 0. The van der Waals surface area contributed by atoms with Crippen LogP contribution in [0.15, 0.2) is 12.2 Å². The second kappa shape index (κ2) is 1.89. The first kappa shape index (κ1) is 7.35. The van der Waals surface area contributed by atoms with Crippen LogP contribution in [0.3, 0.4) is 0 Å². The van der Waals surface area contributed by atoms with Crippen molar-refractivity contribution >= 4 is 0 Å². The highest BCUT2D eigenvalue weighted by Gasteiger charge is 2.53. The lowest BCUT2D eigenvalue weighted by molar-refractivity contribution is -0.0336. The lowest BCUT2D eigenvalue weighted by Gasteiger charge is -2.59. The Morgan fingerprint density at radius 2 is 2.09 bits per heavy atom. The standard InChI is InChI=1S/C10H17N/c1-6-8-4-7(5-9(6)11)10(8,2)3/h7-9H,1,4-5,11H2,2-3H3/t7-,8+,9?/m1/s1. The maximum absolute atomic E-state index is 5.92. The van der Waals surface area contributed by atoms with Gasteiger partial charge >= 0.3 is 0 Å². The molecule has 0 amide bonds. The molecule has 3 rings (SSSR count). The fourth-order valence-corrected chi connectivity index (χ4v) is 2.76. The van der Waals surface area contributed by atoms with Gasteiger partial charge in [-0.05, 0) is 30.1 Å². The second-order valence-corrected chi connectivity index (χ2v) is 4.72. The summed E-state index contributed by atoms with van der Waals surface area (Å²) in [6.45, 7) is 8.78. The van der Waals surface area contributed by atoms with E-state index < -0.39 is 0 Å². The maximum Gasteiger partial charge on any atom is 0.0256 e. The molecule has 0 aromatic heterocycles.